The van der Waals surface area contributed by atoms with Crippen LogP contribution < -0.4 is 0 Å². The van der Waals surface area contributed by atoms with Gasteiger partial charge in [-0.05, 0) is 25.8 Å². The Labute approximate surface area is 72.7 Å². The van der Waals surface area contributed by atoms with Gasteiger partial charge in [-0.1, -0.05) is 6.08 Å². The molecule has 1 saturated carbocycles. The molecule has 1 atom stereocenters. The average molecular weight is 166 g/mol. The van der Waals surface area contributed by atoms with Crippen molar-refractivity contribution in [2.75, 3.05) is 0 Å². The van der Waals surface area contributed by atoms with Crippen molar-refractivity contribution < 1.29 is 9.59 Å². The summed E-state index contributed by atoms with van der Waals surface area (Å²) in [6.45, 7) is 1.82. The summed E-state index contributed by atoms with van der Waals surface area (Å²) in [7, 11) is 0. The lowest BCUT2D eigenvalue weighted by Gasteiger charge is -2.17. The van der Waals surface area contributed by atoms with Crippen LogP contribution in [0.5, 0.6) is 0 Å². The summed E-state index contributed by atoms with van der Waals surface area (Å²) in [5.41, 5.74) is 0. The van der Waals surface area contributed by atoms with Crippen LogP contribution in [0.3, 0.4) is 0 Å². The fourth-order valence-electron chi connectivity index (χ4n) is 1.57. The minimum atomic E-state index is -0.0255. The second-order valence-corrected chi connectivity index (χ2v) is 3.23. The van der Waals surface area contributed by atoms with E-state index in [1.54, 1.807) is 12.2 Å². The molecule has 0 amide bonds. The summed E-state index contributed by atoms with van der Waals surface area (Å²) in [5, 5.41) is 0. The van der Waals surface area contributed by atoms with Gasteiger partial charge in [-0.3, -0.25) is 9.59 Å². The highest BCUT2D eigenvalue weighted by Gasteiger charge is 2.23. The van der Waals surface area contributed by atoms with Crippen LogP contribution in [-0.2, 0) is 9.59 Å². The Balaban J connectivity index is 2.51. The summed E-state index contributed by atoms with van der Waals surface area (Å²) >= 11 is 0. The zero-order chi connectivity index (χ0) is 8.97. The van der Waals surface area contributed by atoms with Crippen LogP contribution >= 0.6 is 0 Å². The maximum atomic E-state index is 11.3. The van der Waals surface area contributed by atoms with E-state index >= 15 is 0 Å². The smallest absolute Gasteiger partial charge is 0.158 e. The predicted molar refractivity (Wildman–Crippen MR) is 46.8 cm³/mol. The molecule has 0 aromatic rings. The molecule has 1 aliphatic rings. The summed E-state index contributed by atoms with van der Waals surface area (Å²) < 4.78 is 0. The molecule has 0 aromatic carbocycles. The lowest BCUT2D eigenvalue weighted by molar-refractivity contribution is -0.127. The van der Waals surface area contributed by atoms with E-state index in [0.717, 1.165) is 12.8 Å². The highest BCUT2D eigenvalue weighted by atomic mass is 16.1. The number of carbonyl (C=O) groups is 2. The van der Waals surface area contributed by atoms with Crippen LogP contribution in [-0.4, -0.2) is 11.6 Å². The molecular weight excluding hydrogens is 152 g/mol. The number of Topliss-reactive ketones (excluding diaryl/α,β-unsaturated/α-hetero) is 1. The van der Waals surface area contributed by atoms with Crippen molar-refractivity contribution >= 4 is 11.6 Å². The molecule has 1 fully saturated rings. The zero-order valence-corrected chi connectivity index (χ0v) is 7.38. The lowest BCUT2D eigenvalue weighted by atomic mass is 9.85. The van der Waals surface area contributed by atoms with Gasteiger partial charge in [-0.2, -0.15) is 0 Å². The average Bonchev–Trinajstić information content (AvgIpc) is 2.05. The number of hydrogen-bond donors (Lipinski definition) is 0. The Morgan fingerprint density at radius 3 is 2.92 bits per heavy atom. The molecule has 66 valence electrons. The lowest BCUT2D eigenvalue weighted by Crippen LogP contribution is -2.21. The van der Waals surface area contributed by atoms with Crippen LogP contribution in [0.2, 0.25) is 0 Å². The van der Waals surface area contributed by atoms with Crippen molar-refractivity contribution in [1.29, 1.82) is 0 Å². The maximum Gasteiger partial charge on any atom is 0.158 e. The fourth-order valence-corrected chi connectivity index (χ4v) is 1.57. The molecule has 1 unspecified atom stereocenters. The largest absolute Gasteiger partial charge is 0.300 e. The standard InChI is InChI=1S/C10H14O2/c1-2-4-10(12)8-5-3-6-9(11)7-8/h2,4,8H,3,5-7H2,1H3/b4-2+. The molecule has 1 rings (SSSR count). The first-order valence-electron chi connectivity index (χ1n) is 4.42. The van der Waals surface area contributed by atoms with Gasteiger partial charge >= 0.3 is 0 Å². The van der Waals surface area contributed by atoms with Crippen LogP contribution in [0.15, 0.2) is 12.2 Å². The molecule has 2 heteroatoms. The number of hydrogen-bond acceptors (Lipinski definition) is 2. The molecule has 0 spiro atoms. The van der Waals surface area contributed by atoms with Gasteiger partial charge in [-0.15, -0.1) is 0 Å². The van der Waals surface area contributed by atoms with Gasteiger partial charge in [0.25, 0.3) is 0 Å². The van der Waals surface area contributed by atoms with E-state index in [4.69, 9.17) is 0 Å². The summed E-state index contributed by atoms with van der Waals surface area (Å²) in [6.07, 6.45) is 6.20. The third-order valence-electron chi connectivity index (χ3n) is 2.22. The number of rotatable bonds is 2. The molecule has 0 heterocycles. The van der Waals surface area contributed by atoms with Gasteiger partial charge in [0.1, 0.15) is 5.78 Å². The summed E-state index contributed by atoms with van der Waals surface area (Å²) in [5.74, 6) is 0.331. The van der Waals surface area contributed by atoms with E-state index < -0.39 is 0 Å². The normalized spacial score (nSPS) is 24.8. The SMILES string of the molecule is C/C=C/C(=O)C1CCCC(=O)C1. The number of carbonyl (C=O) groups excluding carboxylic acids is 2. The van der Waals surface area contributed by atoms with Gasteiger partial charge in [0.2, 0.25) is 0 Å². The predicted octanol–water partition coefficient (Wildman–Crippen LogP) is 1.89. The van der Waals surface area contributed by atoms with Crippen LogP contribution in [0, 0.1) is 5.92 Å². The van der Waals surface area contributed by atoms with Crippen molar-refractivity contribution in [2.45, 2.75) is 32.6 Å². The summed E-state index contributed by atoms with van der Waals surface area (Å²) in [6, 6.07) is 0. The Bertz CT molecular complexity index is 216. The third-order valence-corrected chi connectivity index (χ3v) is 2.22. The van der Waals surface area contributed by atoms with Gasteiger partial charge in [0.15, 0.2) is 5.78 Å². The van der Waals surface area contributed by atoms with E-state index in [9.17, 15) is 9.59 Å². The topological polar surface area (TPSA) is 34.1 Å². The van der Waals surface area contributed by atoms with Crippen LogP contribution in [0.25, 0.3) is 0 Å². The highest BCUT2D eigenvalue weighted by Crippen LogP contribution is 2.22. The first-order valence-corrected chi connectivity index (χ1v) is 4.42. The van der Waals surface area contributed by atoms with E-state index in [2.05, 4.69) is 0 Å². The minimum absolute atomic E-state index is 0.0255. The molecule has 0 aromatic heterocycles. The molecule has 0 saturated heterocycles. The highest BCUT2D eigenvalue weighted by molar-refractivity contribution is 5.95. The number of allylic oxidation sites excluding steroid dienone is 2. The van der Waals surface area contributed by atoms with E-state index in [0.29, 0.717) is 12.8 Å². The van der Waals surface area contributed by atoms with Gasteiger partial charge in [0.05, 0.1) is 0 Å². The molecule has 2 nitrogen and oxygen atoms in total. The molecule has 1 aliphatic carbocycles. The number of ketones is 2. The fraction of sp³-hybridized carbons (Fsp3) is 0.600. The second-order valence-electron chi connectivity index (χ2n) is 3.23. The van der Waals surface area contributed by atoms with Crippen LogP contribution in [0.1, 0.15) is 32.6 Å². The van der Waals surface area contributed by atoms with Gasteiger partial charge in [0, 0.05) is 18.8 Å². The summed E-state index contributed by atoms with van der Waals surface area (Å²) in [4.78, 5) is 22.3. The molecule has 0 radical (unpaired) electrons. The third kappa shape index (κ3) is 2.29. The molecular formula is C10H14O2. The Morgan fingerprint density at radius 2 is 2.33 bits per heavy atom. The first-order chi connectivity index (χ1) is 5.74. The van der Waals surface area contributed by atoms with Crippen LogP contribution in [0.4, 0.5) is 0 Å². The quantitative estimate of drug-likeness (QED) is 0.587. The van der Waals surface area contributed by atoms with Crippen molar-refractivity contribution in [3.63, 3.8) is 0 Å². The van der Waals surface area contributed by atoms with Gasteiger partial charge in [-0.25, -0.2) is 0 Å². The minimum Gasteiger partial charge on any atom is -0.300 e. The van der Waals surface area contributed by atoms with E-state index in [-0.39, 0.29) is 17.5 Å². The maximum absolute atomic E-state index is 11.3. The van der Waals surface area contributed by atoms with Gasteiger partial charge < -0.3 is 0 Å². The van der Waals surface area contributed by atoms with Crippen molar-refractivity contribution in [2.24, 2.45) is 5.92 Å². The van der Waals surface area contributed by atoms with Crippen molar-refractivity contribution in [3.8, 4) is 0 Å². The first kappa shape index (κ1) is 9.17. The Kier molecular flexibility index (Phi) is 3.20. The van der Waals surface area contributed by atoms with Crippen molar-refractivity contribution in [3.05, 3.63) is 12.2 Å². The van der Waals surface area contributed by atoms with E-state index in [1.807, 2.05) is 6.92 Å². The monoisotopic (exact) mass is 166 g/mol. The molecule has 0 N–H and O–H groups in total. The molecule has 0 aliphatic heterocycles. The van der Waals surface area contributed by atoms with Crippen molar-refractivity contribution in [1.82, 2.24) is 0 Å². The second kappa shape index (κ2) is 4.19. The molecule has 12 heavy (non-hydrogen) atoms. The Morgan fingerprint density at radius 1 is 1.58 bits per heavy atom. The Hall–Kier alpha value is -0.920. The van der Waals surface area contributed by atoms with E-state index in [1.165, 1.54) is 0 Å². The zero-order valence-electron chi connectivity index (χ0n) is 7.38. The molecule has 0 bridgehead atoms.